The summed E-state index contributed by atoms with van der Waals surface area (Å²) < 4.78 is 111. The quantitative estimate of drug-likeness (QED) is 0.107. The molecule has 0 spiro atoms. The van der Waals surface area contributed by atoms with Crippen molar-refractivity contribution in [3.8, 4) is 29.0 Å². The first-order chi connectivity index (χ1) is 26.2. The third kappa shape index (κ3) is 6.28. The minimum atomic E-state index is -5.42. The summed E-state index contributed by atoms with van der Waals surface area (Å²) in [5.41, 5.74) is 6.99. The molecule has 2 aromatic carbocycles. The van der Waals surface area contributed by atoms with Gasteiger partial charge in [-0.15, -0.1) is 11.3 Å². The molecule has 2 aliphatic heterocycles. The number of aromatic nitrogens is 3. The minimum absolute atomic E-state index is 0.00241. The number of ether oxygens (including phenoxy) is 1. The standard InChI is InChI=1S/C37H31F7N8O2S/c38-21-7-6-19(23-20(13-45)33(47)55-30(21)23)24-26(37(42,43)44)29(53)25-28(27(24)39)50-35(54-15-36-8-2-10-52(36)14-17(12-36)31(40)41)51-34(25)49-22(11-16-4-5-16)18-3-1-9-48-32(18)46/h1,3,6-7,9,16,22,53H,2,4-5,8,10-12,14-15,47H2,(H2,46,48)(H,49,50,51)/t22-,36+/m1/s1. The van der Waals surface area contributed by atoms with Crippen molar-refractivity contribution in [2.45, 2.75) is 56.3 Å². The van der Waals surface area contributed by atoms with Crippen LogP contribution in [-0.2, 0) is 6.18 Å². The van der Waals surface area contributed by atoms with Crippen LogP contribution in [0.1, 0.15) is 61.3 Å². The van der Waals surface area contributed by atoms with Crippen molar-refractivity contribution in [3.05, 3.63) is 70.4 Å². The molecule has 2 atom stereocenters. The van der Waals surface area contributed by atoms with Crippen molar-refractivity contribution in [2.75, 3.05) is 36.5 Å². The van der Waals surface area contributed by atoms with Crippen molar-refractivity contribution in [2.24, 2.45) is 5.92 Å². The van der Waals surface area contributed by atoms with Crippen molar-refractivity contribution in [1.82, 2.24) is 19.9 Å². The van der Waals surface area contributed by atoms with Crippen LogP contribution in [0.2, 0.25) is 0 Å². The maximum atomic E-state index is 17.3. The molecule has 3 fully saturated rings. The molecular formula is C37H31F7N8O2S. The highest BCUT2D eigenvalue weighted by Crippen LogP contribution is 2.53. The summed E-state index contributed by atoms with van der Waals surface area (Å²) in [6, 6.07) is 5.51. The van der Waals surface area contributed by atoms with Gasteiger partial charge in [0.15, 0.2) is 5.82 Å². The number of nitriles is 1. The Morgan fingerprint density at radius 3 is 2.64 bits per heavy atom. The topological polar surface area (TPSA) is 159 Å². The Morgan fingerprint density at radius 1 is 1.16 bits per heavy atom. The number of hydrogen-bond acceptors (Lipinski definition) is 11. The van der Waals surface area contributed by atoms with Crippen LogP contribution in [0, 0.1) is 28.9 Å². The number of nitrogen functional groups attached to an aromatic ring is 2. The molecule has 6 N–H and O–H groups in total. The lowest BCUT2D eigenvalue weighted by molar-refractivity contribution is -0.138. The molecule has 8 rings (SSSR count). The molecule has 3 aliphatic rings. The number of thiophene rings is 1. The Balaban J connectivity index is 1.36. The van der Waals surface area contributed by atoms with Gasteiger partial charge in [-0.3, -0.25) is 4.90 Å². The molecule has 1 aliphatic carbocycles. The van der Waals surface area contributed by atoms with Crippen LogP contribution < -0.4 is 21.5 Å². The summed E-state index contributed by atoms with van der Waals surface area (Å²) in [6.07, 6.45) is -2.38. The number of nitrogens with two attached hydrogens (primary N) is 2. The Labute approximate surface area is 312 Å². The van der Waals surface area contributed by atoms with E-state index < -0.39 is 80.6 Å². The van der Waals surface area contributed by atoms with Gasteiger partial charge in [-0.05, 0) is 55.8 Å². The summed E-state index contributed by atoms with van der Waals surface area (Å²) in [5, 5.41) is 23.3. The number of nitrogens with one attached hydrogen (secondary N) is 1. The highest BCUT2D eigenvalue weighted by Gasteiger charge is 2.49. The number of nitrogens with zero attached hydrogens (tertiary/aromatic N) is 5. The van der Waals surface area contributed by atoms with E-state index in [9.17, 15) is 19.1 Å². The van der Waals surface area contributed by atoms with Crippen LogP contribution in [-0.4, -0.2) is 50.2 Å². The van der Waals surface area contributed by atoms with E-state index in [0.717, 1.165) is 25.0 Å². The maximum Gasteiger partial charge on any atom is 0.420 e. The van der Waals surface area contributed by atoms with Gasteiger partial charge in [0.1, 0.15) is 52.0 Å². The van der Waals surface area contributed by atoms with Gasteiger partial charge in [0.05, 0.1) is 27.2 Å². The average molecular weight is 785 g/mol. The zero-order chi connectivity index (χ0) is 39.0. The molecule has 10 nitrogen and oxygen atoms in total. The van der Waals surface area contributed by atoms with Gasteiger partial charge in [0.25, 0.3) is 6.08 Å². The maximum absolute atomic E-state index is 17.3. The molecule has 0 amide bonds. The van der Waals surface area contributed by atoms with E-state index in [0.29, 0.717) is 42.7 Å². The van der Waals surface area contributed by atoms with Crippen molar-refractivity contribution in [1.29, 1.82) is 5.26 Å². The number of rotatable bonds is 9. The second-order valence-electron chi connectivity index (χ2n) is 14.2. The number of phenols is 1. The summed E-state index contributed by atoms with van der Waals surface area (Å²) in [4.78, 5) is 14.6. The van der Waals surface area contributed by atoms with E-state index >= 15 is 22.0 Å². The summed E-state index contributed by atoms with van der Waals surface area (Å²) in [7, 11) is 0. The third-order valence-corrected chi connectivity index (χ3v) is 11.8. The molecule has 18 heteroatoms. The van der Waals surface area contributed by atoms with Crippen molar-refractivity contribution in [3.63, 3.8) is 0 Å². The van der Waals surface area contributed by atoms with Gasteiger partial charge in [-0.1, -0.05) is 25.0 Å². The van der Waals surface area contributed by atoms with Crippen molar-refractivity contribution < 1.29 is 40.6 Å². The molecular weight excluding hydrogens is 754 g/mol. The smallest absolute Gasteiger partial charge is 0.420 e. The molecule has 2 saturated heterocycles. The molecule has 0 unspecified atom stereocenters. The molecule has 286 valence electrons. The van der Waals surface area contributed by atoms with Crippen LogP contribution in [0.25, 0.3) is 32.1 Å². The highest BCUT2D eigenvalue weighted by molar-refractivity contribution is 7.23. The second kappa shape index (κ2) is 13.4. The average Bonchev–Trinajstić information content (AvgIpc) is 3.59. The van der Waals surface area contributed by atoms with Gasteiger partial charge in [0, 0.05) is 34.8 Å². The number of benzene rings is 2. The van der Waals surface area contributed by atoms with Crippen molar-refractivity contribution >= 4 is 49.0 Å². The Morgan fingerprint density at radius 2 is 1.95 bits per heavy atom. The number of anilines is 3. The van der Waals surface area contributed by atoms with E-state index in [1.165, 1.54) is 6.20 Å². The van der Waals surface area contributed by atoms with Gasteiger partial charge < -0.3 is 26.6 Å². The zero-order valence-corrected chi connectivity index (χ0v) is 29.5. The first-order valence-corrected chi connectivity index (χ1v) is 18.1. The van der Waals surface area contributed by atoms with E-state index in [1.54, 1.807) is 18.2 Å². The monoisotopic (exact) mass is 784 g/mol. The molecule has 3 aromatic heterocycles. The lowest BCUT2D eigenvalue weighted by atomic mass is 9.91. The Bertz CT molecular complexity index is 2460. The van der Waals surface area contributed by atoms with E-state index in [-0.39, 0.29) is 57.5 Å². The zero-order valence-electron chi connectivity index (χ0n) is 28.7. The highest BCUT2D eigenvalue weighted by atomic mass is 32.1. The minimum Gasteiger partial charge on any atom is -0.506 e. The summed E-state index contributed by atoms with van der Waals surface area (Å²) in [5.74, 6) is -4.02. The van der Waals surface area contributed by atoms with Crippen LogP contribution in [0.15, 0.2) is 42.1 Å². The fourth-order valence-corrected chi connectivity index (χ4v) is 8.96. The number of pyridine rings is 1. The molecule has 0 bridgehead atoms. The third-order valence-electron chi connectivity index (χ3n) is 10.7. The number of aromatic hydroxyl groups is 1. The number of halogens is 7. The second-order valence-corrected chi connectivity index (χ2v) is 15.2. The fourth-order valence-electron chi connectivity index (χ4n) is 8.01. The normalized spacial score (nSPS) is 19.2. The van der Waals surface area contributed by atoms with Gasteiger partial charge in [0.2, 0.25) is 0 Å². The summed E-state index contributed by atoms with van der Waals surface area (Å²) in [6.45, 7) is 0.342. The van der Waals surface area contributed by atoms with Gasteiger partial charge in [-0.2, -0.15) is 37.2 Å². The number of alkyl halides is 3. The number of fused-ring (bicyclic) bond motifs is 3. The van der Waals surface area contributed by atoms with Crippen LogP contribution in [0.3, 0.4) is 0 Å². The largest absolute Gasteiger partial charge is 0.506 e. The summed E-state index contributed by atoms with van der Waals surface area (Å²) >= 11 is 0.603. The molecule has 1 saturated carbocycles. The first kappa shape index (κ1) is 36.6. The van der Waals surface area contributed by atoms with Crippen LogP contribution in [0.4, 0.5) is 47.4 Å². The van der Waals surface area contributed by atoms with Crippen LogP contribution >= 0.6 is 11.3 Å². The predicted molar refractivity (Wildman–Crippen MR) is 191 cm³/mol. The van der Waals surface area contributed by atoms with E-state index in [4.69, 9.17) is 16.2 Å². The van der Waals surface area contributed by atoms with E-state index in [2.05, 4.69) is 20.3 Å². The molecule has 5 heterocycles. The molecule has 55 heavy (non-hydrogen) atoms. The number of phenolic OH excluding ortho intramolecular Hbond substituents is 1. The van der Waals surface area contributed by atoms with Gasteiger partial charge >= 0.3 is 12.2 Å². The van der Waals surface area contributed by atoms with Gasteiger partial charge in [-0.25, -0.2) is 13.8 Å². The predicted octanol–water partition coefficient (Wildman–Crippen LogP) is 8.67. The first-order valence-electron chi connectivity index (χ1n) is 17.3. The molecule has 0 radical (unpaired) electrons. The van der Waals surface area contributed by atoms with E-state index in [1.807, 2.05) is 4.90 Å². The SMILES string of the molecule is N#Cc1c(N)sc2c(F)ccc(-c3c(C(F)(F)F)c(O)c4c(N[C@H](CC5CC5)c5cccnc5N)nc(OC[C@@]56CCCN5CC(=C(F)F)C6)nc4c3F)c12. The Kier molecular flexibility index (Phi) is 8.91. The van der Waals surface area contributed by atoms with Crippen LogP contribution in [0.5, 0.6) is 11.8 Å². The lowest BCUT2D eigenvalue weighted by Gasteiger charge is -2.31. The Hall–Kier alpha value is -5.41. The fraction of sp³-hybridized carbons (Fsp3) is 0.351. The number of hydrogen-bond donors (Lipinski definition) is 4. The lowest BCUT2D eigenvalue weighted by Crippen LogP contribution is -2.43. The molecule has 5 aromatic rings.